The van der Waals surface area contributed by atoms with Crippen molar-refractivity contribution in [1.29, 1.82) is 0 Å². The molecule has 2 rings (SSSR count). The summed E-state index contributed by atoms with van der Waals surface area (Å²) in [6.07, 6.45) is -2.72. The van der Waals surface area contributed by atoms with Crippen LogP contribution in [0.4, 0.5) is 19.0 Å². The molecule has 0 bridgehead atoms. The zero-order valence-corrected chi connectivity index (χ0v) is 12.0. The molecule has 0 aliphatic carbocycles. The minimum Gasteiger partial charge on any atom is -0.438 e. The first-order chi connectivity index (χ1) is 9.94. The molecule has 0 spiro atoms. The fraction of sp³-hybridized carbons (Fsp3) is 0.231. The Bertz CT molecular complexity index is 612. The minimum atomic E-state index is -4.49. The normalized spacial score (nSPS) is 11.3. The van der Waals surface area contributed by atoms with Gasteiger partial charge in [0.25, 0.3) is 0 Å². The van der Waals surface area contributed by atoms with E-state index in [2.05, 4.69) is 15.3 Å². The summed E-state index contributed by atoms with van der Waals surface area (Å²) in [4.78, 5) is 8.16. The summed E-state index contributed by atoms with van der Waals surface area (Å²) in [6.45, 7) is 0. The number of anilines is 1. The van der Waals surface area contributed by atoms with Crippen molar-refractivity contribution in [3.05, 3.63) is 35.9 Å². The molecule has 8 heteroatoms. The number of hydrogen-bond donors (Lipinski definition) is 1. The van der Waals surface area contributed by atoms with Crippen molar-refractivity contribution in [2.24, 2.45) is 0 Å². The highest BCUT2D eigenvalue weighted by Crippen LogP contribution is 2.37. The molecule has 0 saturated heterocycles. The van der Waals surface area contributed by atoms with Crippen LogP contribution in [0.25, 0.3) is 0 Å². The van der Waals surface area contributed by atoms with Gasteiger partial charge < -0.3 is 10.1 Å². The Morgan fingerprint density at radius 1 is 1.19 bits per heavy atom. The number of para-hydroxylation sites is 1. The number of nitrogens with zero attached hydrogens (tertiary/aromatic N) is 2. The standard InChI is InChI=1S/C13H12F3N3OS/c1-17-10-7-11(19-12(18-10)21-2)20-9-6-4-3-5-8(9)13(14,15)16/h3-7H,1-2H3,(H,17,18,19). The Balaban J connectivity index is 2.39. The number of thioether (sulfide) groups is 1. The largest absolute Gasteiger partial charge is 0.438 e. The number of hydrogen-bond acceptors (Lipinski definition) is 5. The van der Waals surface area contributed by atoms with Crippen LogP contribution in [0.1, 0.15) is 5.56 Å². The molecule has 0 aliphatic rings. The lowest BCUT2D eigenvalue weighted by atomic mass is 10.2. The van der Waals surface area contributed by atoms with E-state index in [4.69, 9.17) is 4.74 Å². The molecule has 1 aromatic carbocycles. The molecule has 1 heterocycles. The lowest BCUT2D eigenvalue weighted by molar-refractivity contribution is -0.138. The van der Waals surface area contributed by atoms with Gasteiger partial charge in [0, 0.05) is 13.1 Å². The summed E-state index contributed by atoms with van der Waals surface area (Å²) in [5, 5.41) is 3.21. The molecule has 0 unspecified atom stereocenters. The lowest BCUT2D eigenvalue weighted by Gasteiger charge is -2.13. The van der Waals surface area contributed by atoms with Crippen LogP contribution in [0.2, 0.25) is 0 Å². The number of halogens is 3. The SMILES string of the molecule is CNc1cc(Oc2ccccc2C(F)(F)F)nc(SC)n1. The molecule has 112 valence electrons. The van der Waals surface area contributed by atoms with Crippen LogP contribution < -0.4 is 10.1 Å². The van der Waals surface area contributed by atoms with E-state index in [-0.39, 0.29) is 11.6 Å². The molecule has 0 aliphatic heterocycles. The highest BCUT2D eigenvalue weighted by Gasteiger charge is 2.34. The Morgan fingerprint density at radius 3 is 2.52 bits per heavy atom. The minimum absolute atomic E-state index is 0.0513. The van der Waals surface area contributed by atoms with Crippen LogP contribution >= 0.6 is 11.8 Å². The first-order valence-corrected chi connectivity index (χ1v) is 7.11. The van der Waals surface area contributed by atoms with E-state index in [1.165, 1.54) is 36.0 Å². The number of rotatable bonds is 4. The summed E-state index contributed by atoms with van der Waals surface area (Å²) in [5.41, 5.74) is -0.847. The van der Waals surface area contributed by atoms with Gasteiger partial charge in [0.1, 0.15) is 11.6 Å². The van der Waals surface area contributed by atoms with Crippen LogP contribution in [-0.4, -0.2) is 23.3 Å². The Labute approximate surface area is 123 Å². The fourth-order valence-electron chi connectivity index (χ4n) is 1.58. The maximum atomic E-state index is 12.9. The smallest absolute Gasteiger partial charge is 0.419 e. The van der Waals surface area contributed by atoms with Gasteiger partial charge >= 0.3 is 6.18 Å². The van der Waals surface area contributed by atoms with Gasteiger partial charge in [-0.3, -0.25) is 0 Å². The molecular weight excluding hydrogens is 303 g/mol. The van der Waals surface area contributed by atoms with Gasteiger partial charge in [0.05, 0.1) is 5.56 Å². The van der Waals surface area contributed by atoms with Gasteiger partial charge in [0.2, 0.25) is 5.88 Å². The summed E-state index contributed by atoms with van der Waals surface area (Å²) in [7, 11) is 1.65. The predicted molar refractivity (Wildman–Crippen MR) is 74.9 cm³/mol. The quantitative estimate of drug-likeness (QED) is 0.681. The Kier molecular flexibility index (Phi) is 4.56. The number of benzene rings is 1. The van der Waals surface area contributed by atoms with Gasteiger partial charge in [-0.2, -0.15) is 18.2 Å². The van der Waals surface area contributed by atoms with Crippen LogP contribution in [0.5, 0.6) is 11.6 Å². The third-order valence-corrected chi connectivity index (χ3v) is 3.08. The molecule has 0 amide bonds. The van der Waals surface area contributed by atoms with Gasteiger partial charge in [-0.05, 0) is 18.4 Å². The van der Waals surface area contributed by atoms with Crippen LogP contribution in [0.15, 0.2) is 35.5 Å². The summed E-state index contributed by atoms with van der Waals surface area (Å²) >= 11 is 1.27. The summed E-state index contributed by atoms with van der Waals surface area (Å²) < 4.78 is 44.0. The second-order valence-electron chi connectivity index (χ2n) is 3.92. The third kappa shape index (κ3) is 3.78. The van der Waals surface area contributed by atoms with E-state index >= 15 is 0 Å². The van der Waals surface area contributed by atoms with E-state index < -0.39 is 11.7 Å². The van der Waals surface area contributed by atoms with Gasteiger partial charge in [0.15, 0.2) is 5.16 Å². The van der Waals surface area contributed by atoms with E-state index in [9.17, 15) is 13.2 Å². The van der Waals surface area contributed by atoms with Crippen molar-refractivity contribution in [2.75, 3.05) is 18.6 Å². The van der Waals surface area contributed by atoms with E-state index in [1.807, 2.05) is 0 Å². The van der Waals surface area contributed by atoms with E-state index in [0.717, 1.165) is 6.07 Å². The molecule has 4 nitrogen and oxygen atoms in total. The third-order valence-electron chi connectivity index (χ3n) is 2.53. The van der Waals surface area contributed by atoms with E-state index in [0.29, 0.717) is 11.0 Å². The number of ether oxygens (including phenoxy) is 1. The molecule has 21 heavy (non-hydrogen) atoms. The first-order valence-electron chi connectivity index (χ1n) is 5.89. The van der Waals surface area contributed by atoms with E-state index in [1.54, 1.807) is 13.3 Å². The van der Waals surface area contributed by atoms with Crippen molar-refractivity contribution in [2.45, 2.75) is 11.3 Å². The van der Waals surface area contributed by atoms with Crippen molar-refractivity contribution in [3.8, 4) is 11.6 Å². The highest BCUT2D eigenvalue weighted by molar-refractivity contribution is 7.98. The van der Waals surface area contributed by atoms with Crippen LogP contribution in [-0.2, 0) is 6.18 Å². The Hall–Kier alpha value is -1.96. The fourth-order valence-corrected chi connectivity index (χ4v) is 1.95. The topological polar surface area (TPSA) is 47.0 Å². The van der Waals surface area contributed by atoms with Gasteiger partial charge in [-0.15, -0.1) is 0 Å². The zero-order valence-electron chi connectivity index (χ0n) is 11.2. The van der Waals surface area contributed by atoms with Crippen molar-refractivity contribution < 1.29 is 17.9 Å². The molecule has 0 saturated carbocycles. The molecule has 1 N–H and O–H groups in total. The molecule has 0 atom stereocenters. The molecule has 2 aromatic rings. The average Bonchev–Trinajstić information content (AvgIpc) is 2.46. The van der Waals surface area contributed by atoms with Crippen LogP contribution in [0.3, 0.4) is 0 Å². The highest BCUT2D eigenvalue weighted by atomic mass is 32.2. The lowest BCUT2D eigenvalue weighted by Crippen LogP contribution is -2.07. The number of alkyl halides is 3. The number of nitrogens with one attached hydrogen (secondary N) is 1. The average molecular weight is 315 g/mol. The summed E-state index contributed by atoms with van der Waals surface area (Å²) in [6, 6.07) is 6.43. The van der Waals surface area contributed by atoms with Crippen molar-refractivity contribution in [1.82, 2.24) is 9.97 Å². The second-order valence-corrected chi connectivity index (χ2v) is 4.70. The predicted octanol–water partition coefficient (Wildman–Crippen LogP) is 4.05. The first kappa shape index (κ1) is 15.4. The molecule has 0 radical (unpaired) electrons. The Morgan fingerprint density at radius 2 is 1.90 bits per heavy atom. The molecule has 0 fully saturated rings. The monoisotopic (exact) mass is 315 g/mol. The van der Waals surface area contributed by atoms with Crippen molar-refractivity contribution in [3.63, 3.8) is 0 Å². The van der Waals surface area contributed by atoms with Crippen LogP contribution in [0, 0.1) is 0 Å². The van der Waals surface area contributed by atoms with Gasteiger partial charge in [-0.25, -0.2) is 4.98 Å². The number of aromatic nitrogens is 2. The second kappa shape index (κ2) is 6.21. The zero-order chi connectivity index (χ0) is 15.5. The van der Waals surface area contributed by atoms with Crippen molar-refractivity contribution >= 4 is 17.6 Å². The van der Waals surface area contributed by atoms with Gasteiger partial charge in [-0.1, -0.05) is 23.9 Å². The maximum absolute atomic E-state index is 12.9. The molecule has 1 aromatic heterocycles. The maximum Gasteiger partial charge on any atom is 0.419 e. The molecular formula is C13H12F3N3OS. The summed E-state index contributed by atoms with van der Waals surface area (Å²) in [5.74, 6) is 0.224.